The number of carbonyl (C=O) groups is 4. The second kappa shape index (κ2) is 17.1. The Bertz CT molecular complexity index is 2280. The fourth-order valence-corrected chi connectivity index (χ4v) is 10.8. The number of aromatic nitrogens is 2. The number of piperidine rings is 2. The van der Waals surface area contributed by atoms with E-state index in [0.717, 1.165) is 29.5 Å². The molecular formula is C47H56F2N8O6. The van der Waals surface area contributed by atoms with Gasteiger partial charge in [0.05, 0.1) is 23.7 Å². The molecule has 4 fully saturated rings. The van der Waals surface area contributed by atoms with Crippen molar-refractivity contribution in [3.8, 4) is 17.6 Å². The van der Waals surface area contributed by atoms with Crippen molar-refractivity contribution in [2.24, 2.45) is 16.7 Å². The highest BCUT2D eigenvalue weighted by molar-refractivity contribution is 6.05. The quantitative estimate of drug-likeness (QED) is 0.201. The Morgan fingerprint density at radius 2 is 1.65 bits per heavy atom. The van der Waals surface area contributed by atoms with Crippen LogP contribution in [-0.2, 0) is 16.1 Å². The lowest BCUT2D eigenvalue weighted by Crippen LogP contribution is -2.74. The first-order valence-corrected chi connectivity index (χ1v) is 21.9. The Hall–Kier alpha value is -5.69. The lowest BCUT2D eigenvalue weighted by atomic mass is 9.49. The molecule has 1 atom stereocenters. The molecule has 0 bridgehead atoms. The van der Waals surface area contributed by atoms with Crippen molar-refractivity contribution in [1.29, 1.82) is 5.26 Å². The number of alkyl halides is 2. The standard InChI is InChI=1S/C47H56F2N8O6/c1-26-15-33(16-27(2)36(26)20-50)63-44-46(3,4)43(47(44,5)6)54-40(59)30-21-51-45(52-22-30)55-13-11-28(12-14-55)23-56(25-38(48)49)31-17-34(18-31)62-32-8-7-29-24-57(42(61)35(29)19-32)37-9-10-39(58)53-41(37)60/h7-8,15-16,19,21-22,28,31,34,37-38,43-44H,9-14,17-18,23-25H2,1-6H3,(H,54,59)(H,53,58,60). The molecule has 8 rings (SSSR count). The van der Waals surface area contributed by atoms with E-state index in [1.54, 1.807) is 24.5 Å². The fourth-order valence-electron chi connectivity index (χ4n) is 10.8. The number of rotatable bonds is 13. The Morgan fingerprint density at radius 1 is 0.984 bits per heavy atom. The van der Waals surface area contributed by atoms with Crippen LogP contribution in [0.25, 0.3) is 0 Å². The number of amides is 4. The number of ether oxygens (including phenoxy) is 2. The monoisotopic (exact) mass is 866 g/mol. The molecule has 1 unspecified atom stereocenters. The summed E-state index contributed by atoms with van der Waals surface area (Å²) in [5, 5.41) is 15.0. The number of imide groups is 1. The number of nitriles is 1. The van der Waals surface area contributed by atoms with Gasteiger partial charge in [0.2, 0.25) is 17.8 Å². The van der Waals surface area contributed by atoms with Crippen LogP contribution in [0.2, 0.25) is 0 Å². The molecule has 16 heteroatoms. The number of fused-ring (bicyclic) bond motifs is 1. The summed E-state index contributed by atoms with van der Waals surface area (Å²) in [5.41, 5.74) is 3.20. The molecule has 3 aliphatic heterocycles. The molecule has 2 N–H and O–H groups in total. The molecular weight excluding hydrogens is 811 g/mol. The van der Waals surface area contributed by atoms with Crippen molar-refractivity contribution < 1.29 is 37.4 Å². The van der Waals surface area contributed by atoms with Gasteiger partial charge in [-0.25, -0.2) is 18.7 Å². The molecule has 2 aromatic carbocycles. The van der Waals surface area contributed by atoms with Crippen LogP contribution in [0.3, 0.4) is 0 Å². The number of aryl methyl sites for hydroxylation is 2. The normalized spacial score (nSPS) is 25.2. The summed E-state index contributed by atoms with van der Waals surface area (Å²) < 4.78 is 40.4. The summed E-state index contributed by atoms with van der Waals surface area (Å²) >= 11 is 0. The van der Waals surface area contributed by atoms with Crippen LogP contribution >= 0.6 is 0 Å². The highest BCUT2D eigenvalue weighted by Gasteiger charge is 2.64. The SMILES string of the molecule is Cc1cc(OC2C(C)(C)C(NC(=O)c3cnc(N4CCC(CN(CC(F)F)C5CC(Oc6ccc7c(c6)C(=O)N(C6CCC(=O)NC6=O)C7)C5)CC4)nc3)C2(C)C)cc(C)c1C#N. The highest BCUT2D eigenvalue weighted by atomic mass is 19.3. The van der Waals surface area contributed by atoms with Gasteiger partial charge in [-0.3, -0.25) is 29.4 Å². The molecule has 1 aromatic heterocycles. The van der Waals surface area contributed by atoms with Crippen molar-refractivity contribution >= 4 is 29.6 Å². The molecule has 2 saturated carbocycles. The number of benzene rings is 2. The number of nitrogens with one attached hydrogen (secondary N) is 2. The van der Waals surface area contributed by atoms with Crippen molar-refractivity contribution in [2.45, 2.75) is 123 Å². The zero-order valence-corrected chi connectivity index (χ0v) is 36.7. The van der Waals surface area contributed by atoms with E-state index < -0.39 is 29.2 Å². The number of halogens is 2. The maximum absolute atomic E-state index is 13.8. The van der Waals surface area contributed by atoms with Gasteiger partial charge in [0.15, 0.2) is 0 Å². The van der Waals surface area contributed by atoms with Crippen molar-refractivity contribution in [1.82, 2.24) is 30.4 Å². The maximum Gasteiger partial charge on any atom is 0.255 e. The molecule has 63 heavy (non-hydrogen) atoms. The summed E-state index contributed by atoms with van der Waals surface area (Å²) in [4.78, 5) is 65.4. The zero-order valence-electron chi connectivity index (χ0n) is 36.7. The minimum Gasteiger partial charge on any atom is -0.490 e. The summed E-state index contributed by atoms with van der Waals surface area (Å²) in [6, 6.07) is 10.4. The molecule has 0 radical (unpaired) electrons. The van der Waals surface area contributed by atoms with E-state index in [4.69, 9.17) is 9.47 Å². The van der Waals surface area contributed by atoms with Crippen LogP contribution in [0.1, 0.15) is 109 Å². The van der Waals surface area contributed by atoms with E-state index in [-0.39, 0.29) is 73.9 Å². The molecule has 14 nitrogen and oxygen atoms in total. The molecule has 334 valence electrons. The lowest BCUT2D eigenvalue weighted by molar-refractivity contribution is -0.164. The van der Waals surface area contributed by atoms with E-state index in [1.807, 2.05) is 36.9 Å². The average Bonchev–Trinajstić information content (AvgIpc) is 3.54. The first-order chi connectivity index (χ1) is 29.9. The molecule has 0 spiro atoms. The number of anilines is 1. The van der Waals surface area contributed by atoms with Gasteiger partial charge in [0.25, 0.3) is 18.2 Å². The largest absolute Gasteiger partial charge is 0.490 e. The predicted molar refractivity (Wildman–Crippen MR) is 228 cm³/mol. The molecule has 4 heterocycles. The average molecular weight is 867 g/mol. The third-order valence-electron chi connectivity index (χ3n) is 14.0. The Labute approximate surface area is 366 Å². The molecule has 5 aliphatic rings. The molecule has 2 saturated heterocycles. The van der Waals surface area contributed by atoms with E-state index >= 15 is 0 Å². The second-order valence-corrected chi connectivity index (χ2v) is 19.2. The van der Waals surface area contributed by atoms with E-state index in [1.165, 1.54) is 4.90 Å². The fraction of sp³-hybridized carbons (Fsp3) is 0.553. The van der Waals surface area contributed by atoms with Gasteiger partial charge < -0.3 is 24.6 Å². The van der Waals surface area contributed by atoms with Gasteiger partial charge >= 0.3 is 0 Å². The number of hydrogen-bond donors (Lipinski definition) is 2. The van der Waals surface area contributed by atoms with Crippen LogP contribution in [0.15, 0.2) is 42.7 Å². The number of carbonyl (C=O) groups excluding carboxylic acids is 4. The summed E-state index contributed by atoms with van der Waals surface area (Å²) in [7, 11) is 0. The first-order valence-electron chi connectivity index (χ1n) is 21.9. The van der Waals surface area contributed by atoms with Crippen molar-refractivity contribution in [3.05, 3.63) is 76.1 Å². The third kappa shape index (κ3) is 8.68. The minimum atomic E-state index is -2.47. The van der Waals surface area contributed by atoms with E-state index in [0.29, 0.717) is 66.6 Å². The van der Waals surface area contributed by atoms with Crippen LogP contribution in [0, 0.1) is 41.9 Å². The van der Waals surface area contributed by atoms with Gasteiger partial charge in [-0.05, 0) is 80.0 Å². The lowest BCUT2D eigenvalue weighted by Gasteiger charge is -2.63. The number of nitrogens with zero attached hydrogens (tertiary/aromatic N) is 6. The van der Waals surface area contributed by atoms with Gasteiger partial charge in [-0.2, -0.15) is 5.26 Å². The molecule has 4 amide bonds. The van der Waals surface area contributed by atoms with Gasteiger partial charge in [0, 0.05) is 86.3 Å². The minimum absolute atomic E-state index is 0.0475. The highest BCUT2D eigenvalue weighted by Crippen LogP contribution is 2.55. The van der Waals surface area contributed by atoms with Crippen LogP contribution < -0.4 is 25.0 Å². The Balaban J connectivity index is 0.799. The van der Waals surface area contributed by atoms with Gasteiger partial charge in [0.1, 0.15) is 29.7 Å². The van der Waals surface area contributed by atoms with E-state index in [9.17, 15) is 33.2 Å². The van der Waals surface area contributed by atoms with Gasteiger partial charge in [-0.1, -0.05) is 33.8 Å². The Kier molecular flexibility index (Phi) is 11.9. The van der Waals surface area contributed by atoms with E-state index in [2.05, 4.69) is 59.3 Å². The van der Waals surface area contributed by atoms with Crippen molar-refractivity contribution in [2.75, 3.05) is 31.1 Å². The Morgan fingerprint density at radius 3 is 2.27 bits per heavy atom. The van der Waals surface area contributed by atoms with Crippen LogP contribution in [0.4, 0.5) is 14.7 Å². The van der Waals surface area contributed by atoms with Crippen LogP contribution in [-0.4, -0.2) is 106 Å². The van der Waals surface area contributed by atoms with Gasteiger partial charge in [-0.15, -0.1) is 0 Å². The summed E-state index contributed by atoms with van der Waals surface area (Å²) in [5.74, 6) is 0.630. The topological polar surface area (TPSA) is 170 Å². The first kappa shape index (κ1) is 43.9. The molecule has 3 aromatic rings. The van der Waals surface area contributed by atoms with Crippen LogP contribution in [0.5, 0.6) is 11.5 Å². The maximum atomic E-state index is 13.8. The zero-order chi connectivity index (χ0) is 45.0. The van der Waals surface area contributed by atoms with Crippen molar-refractivity contribution in [3.63, 3.8) is 0 Å². The molecule has 2 aliphatic carbocycles. The summed E-state index contributed by atoms with van der Waals surface area (Å²) in [6.45, 7) is 14.0. The summed E-state index contributed by atoms with van der Waals surface area (Å²) in [6.07, 6.45) is 3.49. The third-order valence-corrected chi connectivity index (χ3v) is 14.0. The number of hydrogen-bond acceptors (Lipinski definition) is 11. The predicted octanol–water partition coefficient (Wildman–Crippen LogP) is 5.73. The second-order valence-electron chi connectivity index (χ2n) is 19.2. The smallest absolute Gasteiger partial charge is 0.255 e.